The highest BCUT2D eigenvalue weighted by Crippen LogP contribution is 2.01. The van der Waals surface area contributed by atoms with E-state index in [1.165, 1.54) is 12.6 Å². The van der Waals surface area contributed by atoms with E-state index >= 15 is 0 Å². The molecule has 0 saturated heterocycles. The molecule has 2 heteroatoms. The maximum Gasteiger partial charge on any atom is 0.298 e. The van der Waals surface area contributed by atoms with Gasteiger partial charge in [0.15, 0.2) is 0 Å². The van der Waals surface area contributed by atoms with Gasteiger partial charge in [-0.3, -0.25) is 4.90 Å². The molecule has 0 amide bonds. The van der Waals surface area contributed by atoms with E-state index in [-0.39, 0.29) is 0 Å². The predicted octanol–water partition coefficient (Wildman–Crippen LogP) is 2.44. The van der Waals surface area contributed by atoms with Crippen LogP contribution in [-0.2, 0) is 0 Å². The second-order valence-electron chi connectivity index (χ2n) is 3.18. The van der Waals surface area contributed by atoms with Gasteiger partial charge < -0.3 is 0 Å². The molecule has 0 aromatic carbocycles. The molecule has 0 heterocycles. The summed E-state index contributed by atoms with van der Waals surface area (Å²) in [4.78, 5) is 6.03. The van der Waals surface area contributed by atoms with Crippen molar-refractivity contribution < 1.29 is 0 Å². The molecule has 0 rings (SSSR count). The minimum absolute atomic E-state index is 0.750. The molecule has 12 heavy (non-hydrogen) atoms. The summed E-state index contributed by atoms with van der Waals surface area (Å²) in [6.45, 7) is 9.84. The van der Waals surface area contributed by atoms with Crippen LogP contribution in [0.4, 0.5) is 0 Å². The van der Waals surface area contributed by atoms with E-state index in [2.05, 4.69) is 43.3 Å². The van der Waals surface area contributed by atoms with Crippen LogP contribution < -0.4 is 0 Å². The van der Waals surface area contributed by atoms with Gasteiger partial charge in [-0.25, -0.2) is 0 Å². The SMILES string of the molecule is C=C[N+]#CCN(C)CC(C)CC. The van der Waals surface area contributed by atoms with Gasteiger partial charge in [0.1, 0.15) is 6.54 Å². The highest BCUT2D eigenvalue weighted by Gasteiger charge is 2.04. The number of hydrogen-bond acceptors (Lipinski definition) is 1. The van der Waals surface area contributed by atoms with E-state index in [0.717, 1.165) is 19.0 Å². The number of nitrogens with zero attached hydrogens (tertiary/aromatic N) is 2. The van der Waals surface area contributed by atoms with Gasteiger partial charge in [-0.2, -0.15) is 0 Å². The molecule has 0 aromatic heterocycles. The molecular formula is C10H19N2+. The Bertz CT molecular complexity index is 176. The van der Waals surface area contributed by atoms with E-state index in [9.17, 15) is 0 Å². The van der Waals surface area contributed by atoms with Crippen molar-refractivity contribution >= 4 is 0 Å². The Morgan fingerprint density at radius 3 is 2.83 bits per heavy atom. The van der Waals surface area contributed by atoms with Crippen LogP contribution in [0, 0.1) is 12.0 Å². The first-order chi connectivity index (χ1) is 5.70. The van der Waals surface area contributed by atoms with E-state index < -0.39 is 0 Å². The van der Waals surface area contributed by atoms with E-state index in [0.29, 0.717) is 0 Å². The van der Waals surface area contributed by atoms with Gasteiger partial charge in [0, 0.05) is 6.54 Å². The molecule has 0 bridgehead atoms. The lowest BCUT2D eigenvalue weighted by molar-refractivity contribution is 0.311. The molecule has 1 atom stereocenters. The molecule has 0 aliphatic rings. The van der Waals surface area contributed by atoms with Crippen LogP contribution in [-0.4, -0.2) is 25.0 Å². The third kappa shape index (κ3) is 5.94. The van der Waals surface area contributed by atoms with Crippen molar-refractivity contribution in [2.24, 2.45) is 5.92 Å². The van der Waals surface area contributed by atoms with Crippen molar-refractivity contribution in [1.29, 1.82) is 0 Å². The Morgan fingerprint density at radius 1 is 1.67 bits per heavy atom. The molecule has 0 aliphatic heterocycles. The normalized spacial score (nSPS) is 12.0. The summed E-state index contributed by atoms with van der Waals surface area (Å²) in [6, 6.07) is 2.90. The first-order valence-electron chi connectivity index (χ1n) is 4.42. The van der Waals surface area contributed by atoms with Crippen LogP contribution in [0.1, 0.15) is 20.3 Å². The number of rotatable bonds is 4. The highest BCUT2D eigenvalue weighted by atomic mass is 15.1. The van der Waals surface area contributed by atoms with Gasteiger partial charge in [-0.15, -0.1) is 0 Å². The zero-order valence-electron chi connectivity index (χ0n) is 8.38. The lowest BCUT2D eigenvalue weighted by atomic mass is 10.1. The molecule has 0 N–H and O–H groups in total. The Kier molecular flexibility index (Phi) is 6.41. The van der Waals surface area contributed by atoms with Gasteiger partial charge in [-0.05, 0) is 24.4 Å². The van der Waals surface area contributed by atoms with Crippen LogP contribution in [0.15, 0.2) is 12.8 Å². The van der Waals surface area contributed by atoms with Crippen molar-refractivity contribution in [1.82, 2.24) is 4.90 Å². The molecule has 68 valence electrons. The van der Waals surface area contributed by atoms with E-state index in [1.807, 2.05) is 0 Å². The minimum atomic E-state index is 0.750. The smallest absolute Gasteiger partial charge is 0.290 e. The monoisotopic (exact) mass is 167 g/mol. The van der Waals surface area contributed by atoms with Crippen LogP contribution in [0.5, 0.6) is 0 Å². The van der Waals surface area contributed by atoms with Crippen molar-refractivity contribution in [3.8, 4) is 6.07 Å². The van der Waals surface area contributed by atoms with Crippen LogP contribution in [0.25, 0.3) is 4.85 Å². The Morgan fingerprint density at radius 2 is 2.33 bits per heavy atom. The molecule has 0 fully saturated rings. The summed E-state index contributed by atoms with van der Waals surface area (Å²) in [5.41, 5.74) is 0. The summed E-state index contributed by atoms with van der Waals surface area (Å²) in [7, 11) is 2.08. The predicted molar refractivity (Wildman–Crippen MR) is 54.4 cm³/mol. The Labute approximate surface area is 75.7 Å². The molecule has 0 aromatic rings. The van der Waals surface area contributed by atoms with Crippen LogP contribution in [0.3, 0.4) is 0 Å². The fourth-order valence-electron chi connectivity index (χ4n) is 0.952. The lowest BCUT2D eigenvalue weighted by Gasteiger charge is -2.15. The maximum atomic E-state index is 3.82. The van der Waals surface area contributed by atoms with E-state index in [4.69, 9.17) is 0 Å². The quantitative estimate of drug-likeness (QED) is 0.584. The van der Waals surface area contributed by atoms with Crippen LogP contribution in [0.2, 0.25) is 0 Å². The summed E-state index contributed by atoms with van der Waals surface area (Å²) in [5, 5.41) is 0. The first kappa shape index (κ1) is 11.2. The average Bonchev–Trinajstić information content (AvgIpc) is 2.05. The highest BCUT2D eigenvalue weighted by molar-refractivity contribution is 4.96. The average molecular weight is 167 g/mol. The van der Waals surface area contributed by atoms with Crippen molar-refractivity contribution in [3.63, 3.8) is 0 Å². The molecule has 0 radical (unpaired) electrons. The molecule has 0 aliphatic carbocycles. The fourth-order valence-corrected chi connectivity index (χ4v) is 0.952. The molecule has 2 nitrogen and oxygen atoms in total. The third-order valence-electron chi connectivity index (χ3n) is 1.84. The second kappa shape index (κ2) is 6.87. The minimum Gasteiger partial charge on any atom is -0.290 e. The Balaban J connectivity index is 3.58. The summed E-state index contributed by atoms with van der Waals surface area (Å²) in [5.74, 6) is 0.750. The van der Waals surface area contributed by atoms with Gasteiger partial charge >= 0.3 is 0 Å². The van der Waals surface area contributed by atoms with E-state index in [1.54, 1.807) is 0 Å². The summed E-state index contributed by atoms with van der Waals surface area (Å²) >= 11 is 0. The summed E-state index contributed by atoms with van der Waals surface area (Å²) in [6.07, 6.45) is 2.74. The third-order valence-corrected chi connectivity index (χ3v) is 1.84. The topological polar surface area (TPSA) is 7.60 Å². The lowest BCUT2D eigenvalue weighted by Crippen LogP contribution is -2.24. The second-order valence-corrected chi connectivity index (χ2v) is 3.18. The molecular weight excluding hydrogens is 148 g/mol. The standard InChI is InChI=1S/C10H19N2/c1-5-10(3)9-12(4)8-7-11-6-2/h6,10H,2,5,8-9H2,1,3-4H3/q+1. The Hall–Kier alpha value is -0.810. The zero-order chi connectivity index (χ0) is 9.40. The van der Waals surface area contributed by atoms with Crippen molar-refractivity contribution in [2.75, 3.05) is 20.1 Å². The van der Waals surface area contributed by atoms with Gasteiger partial charge in [0.05, 0.1) is 0 Å². The molecule has 0 saturated carbocycles. The van der Waals surface area contributed by atoms with Gasteiger partial charge in [0.2, 0.25) is 0 Å². The van der Waals surface area contributed by atoms with Gasteiger partial charge in [0.25, 0.3) is 12.3 Å². The molecule has 1 unspecified atom stereocenters. The fraction of sp³-hybridized carbons (Fsp3) is 0.700. The first-order valence-corrected chi connectivity index (χ1v) is 4.42. The van der Waals surface area contributed by atoms with Gasteiger partial charge in [-0.1, -0.05) is 20.3 Å². The molecule has 0 spiro atoms. The largest absolute Gasteiger partial charge is 0.298 e. The van der Waals surface area contributed by atoms with Crippen molar-refractivity contribution in [2.45, 2.75) is 20.3 Å². The van der Waals surface area contributed by atoms with Crippen molar-refractivity contribution in [3.05, 3.63) is 17.6 Å². The zero-order valence-corrected chi connectivity index (χ0v) is 8.38. The van der Waals surface area contributed by atoms with Crippen LogP contribution >= 0.6 is 0 Å². The maximum absolute atomic E-state index is 3.82. The number of hydrogen-bond donors (Lipinski definition) is 0. The summed E-state index contributed by atoms with van der Waals surface area (Å²) < 4.78 is 0.